The van der Waals surface area contributed by atoms with Crippen molar-refractivity contribution in [2.75, 3.05) is 0 Å². The highest BCUT2D eigenvalue weighted by atomic mass is 79.9. The molecule has 0 radical (unpaired) electrons. The highest BCUT2D eigenvalue weighted by molar-refractivity contribution is 9.10. The Bertz CT molecular complexity index is 931. The van der Waals surface area contributed by atoms with Crippen molar-refractivity contribution in [2.45, 2.75) is 31.1 Å². The summed E-state index contributed by atoms with van der Waals surface area (Å²) in [5.41, 5.74) is -0.811. The Morgan fingerprint density at radius 1 is 0.867 bits per heavy atom. The molecular weight excluding hydrogens is 606 g/mol. The molecule has 30 heavy (non-hydrogen) atoms. The molecule has 1 heterocycles. The molecule has 14 heteroatoms. The molecule has 3 rings (SSSR count). The fourth-order valence-corrected chi connectivity index (χ4v) is 4.40. The van der Waals surface area contributed by atoms with Crippen molar-refractivity contribution < 1.29 is 43.9 Å². The molecule has 0 N–H and O–H groups in total. The number of benzene rings is 2. The van der Waals surface area contributed by atoms with Crippen LogP contribution in [0.4, 0.5) is 43.9 Å². The summed E-state index contributed by atoms with van der Waals surface area (Å²) >= 11 is 3.72. The van der Waals surface area contributed by atoms with Gasteiger partial charge in [0.25, 0.3) is 0 Å². The van der Waals surface area contributed by atoms with Gasteiger partial charge in [0.05, 0.1) is 0 Å². The van der Waals surface area contributed by atoms with Crippen molar-refractivity contribution in [3.8, 4) is 0 Å². The van der Waals surface area contributed by atoms with E-state index in [1.165, 1.54) is 6.07 Å². The molecule has 0 saturated heterocycles. The molecule has 0 spiro atoms. The van der Waals surface area contributed by atoms with Crippen LogP contribution in [0, 0.1) is 11.6 Å². The maximum atomic E-state index is 13.0. The third-order valence-electron chi connectivity index (χ3n) is 3.35. The Kier molecular flexibility index (Phi) is 7.47. The topological polar surface area (TPSA) is 0 Å². The normalized spacial score (nSPS) is 17.2. The van der Waals surface area contributed by atoms with E-state index in [2.05, 4.69) is 15.9 Å². The molecule has 0 fully saturated rings. The number of alkyl halides is 9. The molecule has 0 amide bonds. The van der Waals surface area contributed by atoms with E-state index >= 15 is 0 Å². The van der Waals surface area contributed by atoms with Crippen molar-refractivity contribution in [1.29, 1.82) is 0 Å². The maximum Gasteiger partial charge on any atom is 0.373 e. The van der Waals surface area contributed by atoms with Crippen LogP contribution in [-0.4, -0.2) is 15.3 Å². The summed E-state index contributed by atoms with van der Waals surface area (Å²) in [6.45, 7) is 0. The highest BCUT2D eigenvalue weighted by Crippen LogP contribution is 2.60. The molecule has 2 aromatic carbocycles. The first-order valence-electron chi connectivity index (χ1n) is 7.31. The molecule has 0 saturated carbocycles. The fourth-order valence-electron chi connectivity index (χ4n) is 1.95. The second kappa shape index (κ2) is 8.74. The number of hydrogen-bond donors (Lipinski definition) is 0. The molecule has 0 unspecified atom stereocenters. The van der Waals surface area contributed by atoms with Crippen LogP contribution in [0.5, 0.6) is 0 Å². The third kappa shape index (κ3) is 5.41. The molecule has 0 aliphatic carbocycles. The minimum Gasteiger partial charge on any atom is -0.207 e. The van der Waals surface area contributed by atoms with E-state index in [1.54, 1.807) is 15.9 Å². The van der Waals surface area contributed by atoms with Gasteiger partial charge in [0.15, 0.2) is 0 Å². The van der Waals surface area contributed by atoms with Crippen LogP contribution in [-0.2, 0) is 5.92 Å². The van der Waals surface area contributed by atoms with E-state index in [-0.39, 0.29) is 21.1 Å². The monoisotopic (exact) mass is 610 g/mol. The third-order valence-corrected chi connectivity index (χ3v) is 7.20. The van der Waals surface area contributed by atoms with E-state index < -0.39 is 55.1 Å². The largest absolute Gasteiger partial charge is 0.373 e. The van der Waals surface area contributed by atoms with Gasteiger partial charge in [-0.2, -0.15) is 35.1 Å². The number of rotatable bonds is 3. The molecule has 2 aromatic rings. The van der Waals surface area contributed by atoms with Crippen LogP contribution < -0.4 is 0 Å². The van der Waals surface area contributed by atoms with Gasteiger partial charge in [-0.1, -0.05) is 0 Å². The molecule has 1 aliphatic heterocycles. The Balaban J connectivity index is 0.000000215. The number of thioether (sulfide) groups is 2. The summed E-state index contributed by atoms with van der Waals surface area (Å²) in [5, 5.41) is -8.56. The predicted molar refractivity (Wildman–Crippen MR) is 99.9 cm³/mol. The van der Waals surface area contributed by atoms with Crippen molar-refractivity contribution in [3.63, 3.8) is 0 Å². The van der Waals surface area contributed by atoms with Gasteiger partial charge >= 0.3 is 21.3 Å². The maximum absolute atomic E-state index is 13.0. The standard InChI is InChI=1S/C8H3Br2F5S.C8H3F5S/c9-5-2-1-4(11)3-6(5)16-8(14,15)7(10,12)13;9-4-1-2-5-6(3-4)14-8(12,13)7(5,10)11/h1-3H;1-3H. The first kappa shape index (κ1) is 25.7. The Hall–Kier alpha value is -0.600. The lowest BCUT2D eigenvalue weighted by Crippen LogP contribution is -2.31. The van der Waals surface area contributed by atoms with Gasteiger partial charge in [-0.3, -0.25) is 0 Å². The smallest absolute Gasteiger partial charge is 0.207 e. The quantitative estimate of drug-likeness (QED) is 0.193. The van der Waals surface area contributed by atoms with E-state index in [9.17, 15) is 43.9 Å². The van der Waals surface area contributed by atoms with Crippen molar-refractivity contribution in [2.24, 2.45) is 0 Å². The number of fused-ring (bicyclic) bond motifs is 1. The first-order valence-corrected chi connectivity index (χ1v) is 10.5. The average Bonchev–Trinajstić information content (AvgIpc) is 2.74. The van der Waals surface area contributed by atoms with E-state index in [0.29, 0.717) is 12.1 Å². The summed E-state index contributed by atoms with van der Waals surface area (Å²) < 4.78 is 128. The molecule has 0 aromatic heterocycles. The van der Waals surface area contributed by atoms with Gasteiger partial charge in [0.2, 0.25) is 0 Å². The average molecular weight is 612 g/mol. The van der Waals surface area contributed by atoms with Gasteiger partial charge in [-0.15, -0.1) is 0 Å². The number of halogens is 12. The van der Waals surface area contributed by atoms with E-state index in [1.807, 2.05) is 0 Å². The van der Waals surface area contributed by atoms with Crippen LogP contribution in [0.1, 0.15) is 5.56 Å². The SMILES string of the molecule is Fc1ccc(Br)c(SC(F)(F)C(F)(F)Br)c1.Fc1ccc2c(c1)SC(F)(F)C2(F)F. The van der Waals surface area contributed by atoms with Gasteiger partial charge in [0, 0.05) is 19.8 Å². The fraction of sp³-hybridized carbons (Fsp3) is 0.250. The summed E-state index contributed by atoms with van der Waals surface area (Å²) in [7, 11) is 0. The van der Waals surface area contributed by atoms with Crippen LogP contribution in [0.3, 0.4) is 0 Å². The summed E-state index contributed by atoms with van der Waals surface area (Å²) in [5.74, 6) is -5.80. The van der Waals surface area contributed by atoms with Crippen LogP contribution in [0.2, 0.25) is 0 Å². The second-order valence-electron chi connectivity index (χ2n) is 5.53. The lowest BCUT2D eigenvalue weighted by Gasteiger charge is -2.21. The van der Waals surface area contributed by atoms with Gasteiger partial charge < -0.3 is 0 Å². The minimum atomic E-state index is -4.37. The van der Waals surface area contributed by atoms with Gasteiger partial charge in [-0.25, -0.2) is 8.78 Å². The van der Waals surface area contributed by atoms with Crippen LogP contribution >= 0.6 is 55.4 Å². The van der Waals surface area contributed by atoms with E-state index in [4.69, 9.17) is 0 Å². The Morgan fingerprint density at radius 2 is 1.40 bits per heavy atom. The Morgan fingerprint density at radius 3 is 1.97 bits per heavy atom. The molecule has 1 aliphatic rings. The van der Waals surface area contributed by atoms with Crippen LogP contribution in [0.25, 0.3) is 0 Å². The Labute approximate surface area is 188 Å². The lowest BCUT2D eigenvalue weighted by atomic mass is 10.1. The van der Waals surface area contributed by atoms with Crippen molar-refractivity contribution in [3.05, 3.63) is 58.1 Å². The molecular formula is C16H6Br2F10S2. The van der Waals surface area contributed by atoms with Gasteiger partial charge in [0.1, 0.15) is 11.6 Å². The first-order chi connectivity index (χ1) is 13.5. The van der Waals surface area contributed by atoms with Crippen molar-refractivity contribution >= 4 is 55.4 Å². The zero-order valence-corrected chi connectivity index (χ0v) is 18.6. The molecule has 166 valence electrons. The summed E-state index contributed by atoms with van der Waals surface area (Å²) in [6, 6.07) is 5.07. The zero-order chi connectivity index (χ0) is 23.1. The molecule has 0 bridgehead atoms. The zero-order valence-electron chi connectivity index (χ0n) is 13.8. The van der Waals surface area contributed by atoms with Gasteiger partial charge in [-0.05, 0) is 91.8 Å². The molecule has 0 nitrogen and oxygen atoms in total. The molecule has 0 atom stereocenters. The van der Waals surface area contributed by atoms with E-state index in [0.717, 1.165) is 18.2 Å². The van der Waals surface area contributed by atoms with Crippen molar-refractivity contribution in [1.82, 2.24) is 0 Å². The second-order valence-corrected chi connectivity index (χ2v) is 9.69. The summed E-state index contributed by atoms with van der Waals surface area (Å²) in [4.78, 5) is -5.07. The lowest BCUT2D eigenvalue weighted by molar-refractivity contribution is -0.154. The minimum absolute atomic E-state index is 0.121. The highest BCUT2D eigenvalue weighted by Gasteiger charge is 2.64. The summed E-state index contributed by atoms with van der Waals surface area (Å²) in [6.07, 6.45) is 0. The number of hydrogen-bond acceptors (Lipinski definition) is 2. The predicted octanol–water partition coefficient (Wildman–Crippen LogP) is 8.88. The van der Waals surface area contributed by atoms with Crippen LogP contribution in [0.15, 0.2) is 50.7 Å².